The predicted molar refractivity (Wildman–Crippen MR) is 115 cm³/mol. The van der Waals surface area contributed by atoms with Gasteiger partial charge in [0.15, 0.2) is 0 Å². The van der Waals surface area contributed by atoms with Gasteiger partial charge in [0.1, 0.15) is 23.7 Å². The van der Waals surface area contributed by atoms with Gasteiger partial charge in [-0.3, -0.25) is 4.79 Å². The molecule has 8 heteroatoms. The fraction of sp³-hybridized carbons (Fsp3) is 0.455. The van der Waals surface area contributed by atoms with Crippen LogP contribution in [-0.4, -0.2) is 57.5 Å². The molecule has 1 N–H and O–H groups in total. The number of carbonyl (C=O) groups is 1. The summed E-state index contributed by atoms with van der Waals surface area (Å²) in [5.41, 5.74) is 2.21. The molecule has 2 fully saturated rings. The van der Waals surface area contributed by atoms with Crippen molar-refractivity contribution in [2.45, 2.75) is 39.2 Å². The molecule has 1 aliphatic carbocycles. The normalized spacial score (nSPS) is 18.0. The van der Waals surface area contributed by atoms with Crippen molar-refractivity contribution in [2.24, 2.45) is 0 Å². The molecule has 0 radical (unpaired) electrons. The fourth-order valence-electron chi connectivity index (χ4n) is 3.94. The van der Waals surface area contributed by atoms with Crippen molar-refractivity contribution in [3.63, 3.8) is 0 Å². The van der Waals surface area contributed by atoms with E-state index in [2.05, 4.69) is 38.2 Å². The SMILES string of the molecule is Cc1ccc(N2CCN(C(=O)c3c(C)oc4ncnc(NC5(C)CC5)c34)CC2)nc1. The van der Waals surface area contributed by atoms with E-state index >= 15 is 0 Å². The molecule has 0 spiro atoms. The Labute approximate surface area is 175 Å². The number of piperazine rings is 1. The van der Waals surface area contributed by atoms with Crippen LogP contribution in [-0.2, 0) is 0 Å². The van der Waals surface area contributed by atoms with Crippen molar-refractivity contribution < 1.29 is 9.21 Å². The Balaban J connectivity index is 1.39. The largest absolute Gasteiger partial charge is 0.442 e. The Morgan fingerprint density at radius 2 is 1.87 bits per heavy atom. The molecule has 0 atom stereocenters. The summed E-state index contributed by atoms with van der Waals surface area (Å²) in [4.78, 5) is 30.8. The van der Waals surface area contributed by atoms with Crippen LogP contribution in [0.5, 0.6) is 0 Å². The zero-order valence-corrected chi connectivity index (χ0v) is 17.6. The average molecular weight is 406 g/mol. The van der Waals surface area contributed by atoms with Crippen LogP contribution in [0.3, 0.4) is 0 Å². The lowest BCUT2D eigenvalue weighted by Gasteiger charge is -2.35. The van der Waals surface area contributed by atoms with Gasteiger partial charge >= 0.3 is 0 Å². The van der Waals surface area contributed by atoms with E-state index < -0.39 is 0 Å². The van der Waals surface area contributed by atoms with E-state index in [0.717, 1.165) is 37.3 Å². The van der Waals surface area contributed by atoms with Crippen molar-refractivity contribution >= 4 is 28.6 Å². The van der Waals surface area contributed by atoms with Crippen molar-refractivity contribution in [3.8, 4) is 0 Å². The molecular weight excluding hydrogens is 380 g/mol. The maximum Gasteiger partial charge on any atom is 0.258 e. The van der Waals surface area contributed by atoms with Gasteiger partial charge in [0.05, 0.1) is 10.9 Å². The van der Waals surface area contributed by atoms with Crippen LogP contribution in [0.1, 0.15) is 41.4 Å². The van der Waals surface area contributed by atoms with E-state index in [1.54, 1.807) is 0 Å². The number of hydrogen-bond donors (Lipinski definition) is 1. The first-order chi connectivity index (χ1) is 14.4. The van der Waals surface area contributed by atoms with Gasteiger partial charge in [0, 0.05) is 37.9 Å². The summed E-state index contributed by atoms with van der Waals surface area (Å²) in [6.07, 6.45) is 5.55. The third-order valence-corrected chi connectivity index (χ3v) is 6.08. The molecule has 1 aliphatic heterocycles. The van der Waals surface area contributed by atoms with Gasteiger partial charge in [-0.2, -0.15) is 0 Å². The summed E-state index contributed by atoms with van der Waals surface area (Å²) in [5, 5.41) is 4.17. The van der Waals surface area contributed by atoms with Crippen LogP contribution >= 0.6 is 0 Å². The molecule has 8 nitrogen and oxygen atoms in total. The minimum absolute atomic E-state index is 0.0263. The Morgan fingerprint density at radius 1 is 1.10 bits per heavy atom. The molecule has 3 aromatic rings. The molecule has 1 saturated heterocycles. The molecule has 0 unspecified atom stereocenters. The second-order valence-electron chi connectivity index (χ2n) is 8.59. The topological polar surface area (TPSA) is 87.4 Å². The number of carbonyl (C=O) groups excluding carboxylic acids is 1. The van der Waals surface area contributed by atoms with E-state index in [4.69, 9.17) is 4.42 Å². The van der Waals surface area contributed by atoms with Crippen LogP contribution < -0.4 is 10.2 Å². The summed E-state index contributed by atoms with van der Waals surface area (Å²) >= 11 is 0. The average Bonchev–Trinajstić information content (AvgIpc) is 3.36. The lowest BCUT2D eigenvalue weighted by molar-refractivity contribution is 0.0746. The van der Waals surface area contributed by atoms with Crippen LogP contribution in [0.25, 0.3) is 11.1 Å². The highest BCUT2D eigenvalue weighted by atomic mass is 16.3. The van der Waals surface area contributed by atoms with Crippen molar-refractivity contribution in [1.29, 1.82) is 0 Å². The Hall–Kier alpha value is -3.16. The smallest absolute Gasteiger partial charge is 0.258 e. The third kappa shape index (κ3) is 3.36. The summed E-state index contributed by atoms with van der Waals surface area (Å²) in [5.74, 6) is 2.20. The van der Waals surface area contributed by atoms with Gasteiger partial charge in [0.2, 0.25) is 5.71 Å². The third-order valence-electron chi connectivity index (χ3n) is 6.08. The zero-order valence-electron chi connectivity index (χ0n) is 17.6. The summed E-state index contributed by atoms with van der Waals surface area (Å²) in [7, 11) is 0. The summed E-state index contributed by atoms with van der Waals surface area (Å²) in [6, 6.07) is 4.10. The molecule has 4 heterocycles. The first kappa shape index (κ1) is 18.8. The first-order valence-corrected chi connectivity index (χ1v) is 10.4. The minimum atomic E-state index is -0.0263. The van der Waals surface area contributed by atoms with E-state index in [1.807, 2.05) is 31.0 Å². The number of nitrogens with one attached hydrogen (secondary N) is 1. The Kier molecular flexibility index (Phi) is 4.38. The molecular formula is C22H26N6O2. The maximum atomic E-state index is 13.5. The summed E-state index contributed by atoms with van der Waals surface area (Å²) < 4.78 is 5.83. The number of fused-ring (bicyclic) bond motifs is 1. The highest BCUT2D eigenvalue weighted by molar-refractivity contribution is 6.10. The van der Waals surface area contributed by atoms with Crippen molar-refractivity contribution in [2.75, 3.05) is 36.4 Å². The number of furan rings is 1. The number of pyridine rings is 1. The van der Waals surface area contributed by atoms with Gasteiger partial charge < -0.3 is 19.5 Å². The monoisotopic (exact) mass is 406 g/mol. The number of amides is 1. The zero-order chi connectivity index (χ0) is 20.9. The van der Waals surface area contributed by atoms with Crippen LogP contribution in [0, 0.1) is 13.8 Å². The molecule has 2 aliphatic rings. The number of anilines is 2. The minimum Gasteiger partial charge on any atom is -0.442 e. The molecule has 3 aromatic heterocycles. The number of aryl methyl sites for hydroxylation is 2. The first-order valence-electron chi connectivity index (χ1n) is 10.4. The molecule has 0 bridgehead atoms. The molecule has 5 rings (SSSR count). The number of nitrogens with zero attached hydrogens (tertiary/aromatic N) is 5. The van der Waals surface area contributed by atoms with Crippen LogP contribution in [0.15, 0.2) is 29.1 Å². The van der Waals surface area contributed by atoms with E-state index in [-0.39, 0.29) is 11.4 Å². The quantitative estimate of drug-likeness (QED) is 0.712. The number of aromatic nitrogens is 3. The second kappa shape index (κ2) is 6.97. The molecule has 1 amide bonds. The van der Waals surface area contributed by atoms with Crippen molar-refractivity contribution in [1.82, 2.24) is 19.9 Å². The predicted octanol–water partition coefficient (Wildman–Crippen LogP) is 3.16. The number of rotatable bonds is 4. The number of hydrogen-bond acceptors (Lipinski definition) is 7. The maximum absolute atomic E-state index is 13.5. The van der Waals surface area contributed by atoms with Gasteiger partial charge in [-0.1, -0.05) is 6.07 Å². The van der Waals surface area contributed by atoms with Gasteiger partial charge in [-0.05, 0) is 45.2 Å². The second-order valence-corrected chi connectivity index (χ2v) is 8.59. The highest BCUT2D eigenvalue weighted by Crippen LogP contribution is 2.40. The van der Waals surface area contributed by atoms with Gasteiger partial charge in [-0.25, -0.2) is 15.0 Å². The van der Waals surface area contributed by atoms with Crippen molar-refractivity contribution in [3.05, 3.63) is 41.5 Å². The highest BCUT2D eigenvalue weighted by Gasteiger charge is 2.39. The lowest BCUT2D eigenvalue weighted by atomic mass is 10.1. The standard InChI is InChI=1S/C22H26N6O2/c1-14-4-5-16(23-12-14)27-8-10-28(11-9-27)21(29)17-15(2)30-20-18(17)19(24-13-25-20)26-22(3)6-7-22/h4-5,12-13H,6-11H2,1-3H3,(H,24,25,26). The molecule has 0 aromatic carbocycles. The van der Waals surface area contributed by atoms with E-state index in [9.17, 15) is 4.79 Å². The molecule has 30 heavy (non-hydrogen) atoms. The lowest BCUT2D eigenvalue weighted by Crippen LogP contribution is -2.49. The Morgan fingerprint density at radius 3 is 2.53 bits per heavy atom. The summed E-state index contributed by atoms with van der Waals surface area (Å²) in [6.45, 7) is 8.77. The van der Waals surface area contributed by atoms with E-state index in [0.29, 0.717) is 41.3 Å². The molecule has 156 valence electrons. The van der Waals surface area contributed by atoms with E-state index in [1.165, 1.54) is 6.33 Å². The van der Waals surface area contributed by atoms with Crippen LogP contribution in [0.4, 0.5) is 11.6 Å². The Bertz CT molecular complexity index is 1090. The van der Waals surface area contributed by atoms with Crippen LogP contribution in [0.2, 0.25) is 0 Å². The van der Waals surface area contributed by atoms with Gasteiger partial charge in [0.25, 0.3) is 5.91 Å². The molecule has 1 saturated carbocycles. The fourth-order valence-corrected chi connectivity index (χ4v) is 3.94. The van der Waals surface area contributed by atoms with Gasteiger partial charge in [-0.15, -0.1) is 0 Å².